The van der Waals surface area contributed by atoms with E-state index in [0.717, 1.165) is 27.4 Å². The van der Waals surface area contributed by atoms with Crippen molar-refractivity contribution in [2.24, 2.45) is 12.0 Å². The van der Waals surface area contributed by atoms with Gasteiger partial charge in [0.15, 0.2) is 4.80 Å². The number of nitrogens with zero attached hydrogens (tertiary/aromatic N) is 4. The first-order valence-electron chi connectivity index (χ1n) is 9.94. The van der Waals surface area contributed by atoms with Crippen molar-refractivity contribution in [2.75, 3.05) is 0 Å². The minimum atomic E-state index is -0.262. The number of aromatic nitrogens is 3. The molecule has 0 unspecified atom stereocenters. The highest BCUT2D eigenvalue weighted by molar-refractivity contribution is 7.07. The summed E-state index contributed by atoms with van der Waals surface area (Å²) in [4.78, 5) is 19.4. The highest BCUT2D eigenvalue weighted by Gasteiger charge is 2.22. The highest BCUT2D eigenvalue weighted by Crippen LogP contribution is 2.24. The lowest BCUT2D eigenvalue weighted by Gasteiger charge is -2.13. The van der Waals surface area contributed by atoms with E-state index in [1.54, 1.807) is 16.0 Å². The Hall–Kier alpha value is -3.12. The molecule has 0 aliphatic rings. The predicted molar refractivity (Wildman–Crippen MR) is 124 cm³/mol. The van der Waals surface area contributed by atoms with Crippen LogP contribution >= 0.6 is 11.3 Å². The van der Waals surface area contributed by atoms with E-state index >= 15 is 0 Å². The van der Waals surface area contributed by atoms with E-state index in [1.807, 2.05) is 71.8 Å². The van der Waals surface area contributed by atoms with E-state index < -0.39 is 0 Å². The van der Waals surface area contributed by atoms with E-state index in [2.05, 4.69) is 38.3 Å². The van der Waals surface area contributed by atoms with Crippen molar-refractivity contribution in [2.45, 2.75) is 33.2 Å². The van der Waals surface area contributed by atoms with Crippen LogP contribution in [0.1, 0.15) is 26.5 Å². The summed E-state index contributed by atoms with van der Waals surface area (Å²) < 4.78 is 5.64. The molecule has 30 heavy (non-hydrogen) atoms. The lowest BCUT2D eigenvalue weighted by Crippen LogP contribution is -2.27. The Balaban J connectivity index is 2.08. The molecule has 0 saturated heterocycles. The van der Waals surface area contributed by atoms with Crippen LogP contribution in [0, 0.1) is 6.92 Å². The van der Waals surface area contributed by atoms with Gasteiger partial charge >= 0.3 is 0 Å². The first kappa shape index (κ1) is 20.2. The Bertz CT molecular complexity index is 1300. The van der Waals surface area contributed by atoms with Gasteiger partial charge in [0.2, 0.25) is 0 Å². The Morgan fingerprint density at radius 3 is 2.13 bits per heavy atom. The second-order valence-corrected chi connectivity index (χ2v) is 9.13. The molecule has 5 nitrogen and oxygen atoms in total. The molecular formula is C24H26N4OS. The molecule has 2 aromatic heterocycles. The average Bonchev–Trinajstić information content (AvgIpc) is 3.20. The number of para-hydroxylation sites is 1. The zero-order chi connectivity index (χ0) is 21.5. The van der Waals surface area contributed by atoms with Gasteiger partial charge in [-0.25, -0.2) is 4.68 Å². The van der Waals surface area contributed by atoms with E-state index in [9.17, 15) is 4.79 Å². The fraction of sp³-hybridized carbons (Fsp3) is 0.250. The summed E-state index contributed by atoms with van der Waals surface area (Å²) >= 11 is 1.56. The van der Waals surface area contributed by atoms with Gasteiger partial charge in [-0.3, -0.25) is 19.0 Å². The third-order valence-electron chi connectivity index (χ3n) is 4.96. The topological polar surface area (TPSA) is 44.2 Å². The molecule has 0 aliphatic heterocycles. The summed E-state index contributed by atoms with van der Waals surface area (Å²) in [6, 6.07) is 19.9. The van der Waals surface area contributed by atoms with Crippen molar-refractivity contribution in [3.8, 4) is 22.6 Å². The first-order chi connectivity index (χ1) is 14.3. The van der Waals surface area contributed by atoms with Crippen molar-refractivity contribution in [3.05, 3.63) is 86.9 Å². The predicted octanol–water partition coefficient (Wildman–Crippen LogP) is 4.70. The molecule has 0 bridgehead atoms. The molecule has 154 valence electrons. The van der Waals surface area contributed by atoms with Gasteiger partial charge in [0.05, 0.1) is 22.6 Å². The van der Waals surface area contributed by atoms with Crippen molar-refractivity contribution >= 4 is 11.3 Å². The normalized spacial score (nSPS) is 12.5. The number of rotatable bonds is 3. The Morgan fingerprint density at radius 2 is 1.53 bits per heavy atom. The zero-order valence-electron chi connectivity index (χ0n) is 18.0. The maximum absolute atomic E-state index is 13.7. The van der Waals surface area contributed by atoms with Crippen LogP contribution in [0.2, 0.25) is 0 Å². The second kappa shape index (κ2) is 7.61. The monoisotopic (exact) mass is 418 g/mol. The third kappa shape index (κ3) is 3.59. The van der Waals surface area contributed by atoms with Gasteiger partial charge in [-0.05, 0) is 45.4 Å². The minimum Gasteiger partial charge on any atom is -0.283 e. The van der Waals surface area contributed by atoms with Crippen LogP contribution in [-0.2, 0) is 7.05 Å². The maximum atomic E-state index is 13.7. The molecular weight excluding hydrogens is 392 g/mol. The fourth-order valence-corrected chi connectivity index (χ4v) is 4.59. The quantitative estimate of drug-likeness (QED) is 0.475. The van der Waals surface area contributed by atoms with Gasteiger partial charge in [-0.15, -0.1) is 11.3 Å². The molecule has 0 spiro atoms. The minimum absolute atomic E-state index is 0.0628. The summed E-state index contributed by atoms with van der Waals surface area (Å²) in [5, 5.41) is 2.08. The number of benzene rings is 2. The molecule has 0 aliphatic carbocycles. The largest absolute Gasteiger partial charge is 0.296 e. The molecule has 0 N–H and O–H groups in total. The van der Waals surface area contributed by atoms with Crippen LogP contribution in [0.25, 0.3) is 22.6 Å². The zero-order valence-corrected chi connectivity index (χ0v) is 18.8. The fourth-order valence-electron chi connectivity index (χ4n) is 3.51. The lowest BCUT2D eigenvalue weighted by atomic mass is 10.1. The molecule has 0 atom stereocenters. The molecule has 0 fully saturated rings. The standard InChI is InChI=1S/C24H26N4OS/c1-17-21(22(29)28(26(17)5)19-14-10-7-11-15-19)27-20(18-12-8-6-9-13-18)16-30-23(27)25-24(2,3)4/h6-16H,1-5H3. The SMILES string of the molecule is Cc1c(-n2c(-c3ccccc3)csc2=NC(C)(C)C)c(=O)n(-c2ccccc2)n1C. The van der Waals surface area contributed by atoms with E-state index in [0.29, 0.717) is 5.69 Å². The van der Waals surface area contributed by atoms with Gasteiger partial charge in [0.1, 0.15) is 5.69 Å². The van der Waals surface area contributed by atoms with Crippen molar-refractivity contribution in [1.29, 1.82) is 0 Å². The van der Waals surface area contributed by atoms with E-state index in [-0.39, 0.29) is 11.1 Å². The van der Waals surface area contributed by atoms with Gasteiger partial charge in [0.25, 0.3) is 5.56 Å². The first-order valence-corrected chi connectivity index (χ1v) is 10.8. The van der Waals surface area contributed by atoms with Crippen LogP contribution in [0.4, 0.5) is 0 Å². The lowest BCUT2D eigenvalue weighted by molar-refractivity contribution is 0.562. The van der Waals surface area contributed by atoms with Crippen LogP contribution in [0.15, 0.2) is 75.8 Å². The van der Waals surface area contributed by atoms with Gasteiger partial charge in [0, 0.05) is 12.4 Å². The molecule has 0 saturated carbocycles. The maximum Gasteiger partial charge on any atom is 0.296 e. The molecule has 2 heterocycles. The number of hydrogen-bond acceptors (Lipinski definition) is 3. The van der Waals surface area contributed by atoms with Crippen LogP contribution in [0.5, 0.6) is 0 Å². The second-order valence-electron chi connectivity index (χ2n) is 8.30. The molecule has 2 aromatic carbocycles. The summed E-state index contributed by atoms with van der Waals surface area (Å²) in [6.45, 7) is 8.19. The molecule has 6 heteroatoms. The molecule has 4 aromatic rings. The van der Waals surface area contributed by atoms with E-state index in [4.69, 9.17) is 4.99 Å². The van der Waals surface area contributed by atoms with Gasteiger partial charge < -0.3 is 0 Å². The highest BCUT2D eigenvalue weighted by atomic mass is 32.1. The smallest absolute Gasteiger partial charge is 0.283 e. The van der Waals surface area contributed by atoms with Gasteiger partial charge in [-0.2, -0.15) is 0 Å². The summed E-state index contributed by atoms with van der Waals surface area (Å²) in [7, 11) is 1.92. The van der Waals surface area contributed by atoms with Crippen molar-refractivity contribution < 1.29 is 0 Å². The molecule has 4 rings (SSSR count). The number of hydrogen-bond donors (Lipinski definition) is 0. The molecule has 0 amide bonds. The van der Waals surface area contributed by atoms with E-state index in [1.165, 1.54) is 0 Å². The van der Waals surface area contributed by atoms with Crippen LogP contribution in [-0.4, -0.2) is 19.5 Å². The summed E-state index contributed by atoms with van der Waals surface area (Å²) in [5.41, 5.74) is 4.05. The average molecular weight is 419 g/mol. The summed E-state index contributed by atoms with van der Waals surface area (Å²) in [5.74, 6) is 0. The third-order valence-corrected chi connectivity index (χ3v) is 5.78. The summed E-state index contributed by atoms with van der Waals surface area (Å²) in [6.07, 6.45) is 0. The van der Waals surface area contributed by atoms with Crippen molar-refractivity contribution in [1.82, 2.24) is 13.9 Å². The van der Waals surface area contributed by atoms with Crippen LogP contribution in [0.3, 0.4) is 0 Å². The Kier molecular flexibility index (Phi) is 5.12. The van der Waals surface area contributed by atoms with Gasteiger partial charge in [-0.1, -0.05) is 48.5 Å². The number of thiazole rings is 1. The van der Waals surface area contributed by atoms with Crippen LogP contribution < -0.4 is 10.4 Å². The van der Waals surface area contributed by atoms with Crippen molar-refractivity contribution in [3.63, 3.8) is 0 Å². The Morgan fingerprint density at radius 1 is 0.933 bits per heavy atom. The Labute approximate surface area is 180 Å². The molecule has 0 radical (unpaired) electrons.